The lowest BCUT2D eigenvalue weighted by atomic mass is 10.2. The van der Waals surface area contributed by atoms with Gasteiger partial charge in [-0.1, -0.05) is 42.5 Å². The molecule has 1 heterocycles. The highest BCUT2D eigenvalue weighted by Crippen LogP contribution is 2.20. The van der Waals surface area contributed by atoms with E-state index in [1.807, 2.05) is 48.7 Å². The number of methoxy groups -OCH3 is 1. The summed E-state index contributed by atoms with van der Waals surface area (Å²) >= 11 is 0. The Labute approximate surface area is 142 Å². The van der Waals surface area contributed by atoms with Crippen LogP contribution in [0.3, 0.4) is 0 Å². The fraction of sp³-hybridized carbons (Fsp3) is 0.150. The molecular weight excluding hydrogens is 298 g/mol. The molecule has 0 unspecified atom stereocenters. The first kappa shape index (κ1) is 15.9. The van der Waals surface area contributed by atoms with E-state index < -0.39 is 0 Å². The average Bonchev–Trinajstić information content (AvgIpc) is 2.97. The maximum atomic E-state index is 5.34. The van der Waals surface area contributed by atoms with E-state index in [1.165, 1.54) is 10.9 Å². The summed E-state index contributed by atoms with van der Waals surface area (Å²) in [7, 11) is 1.68. The van der Waals surface area contributed by atoms with Crippen LogP contribution in [0.5, 0.6) is 5.75 Å². The Morgan fingerprint density at radius 1 is 1.17 bits per heavy atom. The van der Waals surface area contributed by atoms with Gasteiger partial charge in [0.2, 0.25) is 0 Å². The van der Waals surface area contributed by atoms with Gasteiger partial charge in [0.15, 0.2) is 0 Å². The molecule has 0 aliphatic heterocycles. The Balaban J connectivity index is 1.75. The summed E-state index contributed by atoms with van der Waals surface area (Å²) in [5, 5.41) is 5.55. The Bertz CT molecular complexity index is 864. The summed E-state index contributed by atoms with van der Waals surface area (Å²) < 4.78 is 7.51. The van der Waals surface area contributed by atoms with Gasteiger partial charge in [0, 0.05) is 34.8 Å². The predicted molar refractivity (Wildman–Crippen MR) is 99.6 cm³/mol. The molecule has 3 aromatic rings. The molecule has 2 aromatic carbocycles. The first-order valence-corrected chi connectivity index (χ1v) is 7.90. The average molecular weight is 319 g/mol. The minimum Gasteiger partial charge on any atom is -0.496 e. The van der Waals surface area contributed by atoms with E-state index in [0.717, 1.165) is 23.4 Å². The van der Waals surface area contributed by atoms with Crippen LogP contribution < -0.4 is 10.2 Å². The molecule has 122 valence electrons. The van der Waals surface area contributed by atoms with Crippen LogP contribution in [0.15, 0.2) is 72.5 Å². The van der Waals surface area contributed by atoms with E-state index in [1.54, 1.807) is 7.11 Å². The molecule has 0 radical (unpaired) electrons. The molecule has 1 N–H and O–H groups in total. The van der Waals surface area contributed by atoms with Gasteiger partial charge in [0.25, 0.3) is 0 Å². The molecule has 4 heteroatoms. The van der Waals surface area contributed by atoms with Crippen LogP contribution in [0.2, 0.25) is 0 Å². The van der Waals surface area contributed by atoms with E-state index in [-0.39, 0.29) is 0 Å². The smallest absolute Gasteiger partial charge is 0.123 e. The molecule has 0 aliphatic carbocycles. The maximum absolute atomic E-state index is 5.34. The number of nitrogens with one attached hydrogen (secondary N) is 1. The largest absolute Gasteiger partial charge is 0.496 e. The first-order chi connectivity index (χ1) is 11.8. The lowest BCUT2D eigenvalue weighted by Crippen LogP contribution is -2.06. The fourth-order valence-electron chi connectivity index (χ4n) is 2.76. The zero-order chi connectivity index (χ0) is 16.8. The van der Waals surface area contributed by atoms with E-state index in [0.29, 0.717) is 6.54 Å². The van der Waals surface area contributed by atoms with Gasteiger partial charge >= 0.3 is 0 Å². The van der Waals surface area contributed by atoms with Gasteiger partial charge in [-0.05, 0) is 12.1 Å². The van der Waals surface area contributed by atoms with Gasteiger partial charge in [-0.2, -0.15) is 5.10 Å². The van der Waals surface area contributed by atoms with Crippen LogP contribution in [-0.2, 0) is 13.1 Å². The minimum absolute atomic E-state index is 0.617. The Morgan fingerprint density at radius 2 is 1.96 bits per heavy atom. The van der Waals surface area contributed by atoms with Gasteiger partial charge in [0.1, 0.15) is 5.75 Å². The number of hydrazone groups is 1. The molecule has 0 fully saturated rings. The maximum Gasteiger partial charge on any atom is 0.123 e. The standard InChI is InChI=1S/C20H21N3O/c1-3-12-23-15-17(18-9-5-6-10-19(18)23)14-22-21-13-16-8-4-7-11-20(16)24-2/h3-11,14-15,21H,1,12-13H2,2H3/b22-14+. The molecule has 0 saturated carbocycles. The summed E-state index contributed by atoms with van der Waals surface area (Å²) in [5.74, 6) is 0.864. The van der Waals surface area contributed by atoms with Gasteiger partial charge in [-0.3, -0.25) is 0 Å². The van der Waals surface area contributed by atoms with E-state index in [4.69, 9.17) is 4.74 Å². The highest BCUT2D eigenvalue weighted by molar-refractivity contribution is 5.99. The summed E-state index contributed by atoms with van der Waals surface area (Å²) in [6.45, 7) is 5.22. The van der Waals surface area contributed by atoms with Gasteiger partial charge in [-0.15, -0.1) is 6.58 Å². The van der Waals surface area contributed by atoms with Crippen molar-refractivity contribution in [2.24, 2.45) is 5.10 Å². The second-order valence-electron chi connectivity index (χ2n) is 5.45. The van der Waals surface area contributed by atoms with Crippen molar-refractivity contribution < 1.29 is 4.74 Å². The highest BCUT2D eigenvalue weighted by atomic mass is 16.5. The molecule has 4 nitrogen and oxygen atoms in total. The van der Waals surface area contributed by atoms with Crippen LogP contribution >= 0.6 is 0 Å². The third kappa shape index (κ3) is 3.33. The van der Waals surface area contributed by atoms with Crippen molar-refractivity contribution >= 4 is 17.1 Å². The van der Waals surface area contributed by atoms with Crippen LogP contribution in [0.4, 0.5) is 0 Å². The van der Waals surface area contributed by atoms with Crippen molar-refractivity contribution in [1.29, 1.82) is 0 Å². The quantitative estimate of drug-likeness (QED) is 0.407. The van der Waals surface area contributed by atoms with Gasteiger partial charge in [-0.25, -0.2) is 0 Å². The lowest BCUT2D eigenvalue weighted by molar-refractivity contribution is 0.408. The van der Waals surface area contributed by atoms with E-state index >= 15 is 0 Å². The summed E-state index contributed by atoms with van der Waals surface area (Å²) in [4.78, 5) is 0. The van der Waals surface area contributed by atoms with E-state index in [2.05, 4.69) is 40.0 Å². The van der Waals surface area contributed by atoms with Crippen LogP contribution in [-0.4, -0.2) is 17.9 Å². The fourth-order valence-corrected chi connectivity index (χ4v) is 2.76. The summed E-state index contributed by atoms with van der Waals surface area (Å²) in [5.41, 5.74) is 6.43. The molecule has 1 aromatic heterocycles. The Kier molecular flexibility index (Phi) is 4.96. The number of allylic oxidation sites excluding steroid dienone is 1. The zero-order valence-electron chi connectivity index (χ0n) is 13.8. The van der Waals surface area contributed by atoms with Crippen molar-refractivity contribution in [3.05, 3.63) is 78.5 Å². The molecule has 0 bridgehead atoms. The number of nitrogens with zero attached hydrogens (tertiary/aromatic N) is 2. The molecule has 0 spiro atoms. The molecule has 0 aliphatic rings. The number of fused-ring (bicyclic) bond motifs is 1. The van der Waals surface area contributed by atoms with E-state index in [9.17, 15) is 0 Å². The molecular formula is C20H21N3O. The number of para-hydroxylation sites is 2. The van der Waals surface area contributed by atoms with Crippen LogP contribution in [0.25, 0.3) is 10.9 Å². The topological polar surface area (TPSA) is 38.5 Å². The molecule has 0 saturated heterocycles. The second-order valence-corrected chi connectivity index (χ2v) is 5.45. The highest BCUT2D eigenvalue weighted by Gasteiger charge is 2.05. The SMILES string of the molecule is C=CCn1cc(/C=N/NCc2ccccc2OC)c2ccccc21. The Morgan fingerprint density at radius 3 is 2.79 bits per heavy atom. The number of rotatable bonds is 7. The van der Waals surface area contributed by atoms with Crippen LogP contribution in [0, 0.1) is 0 Å². The lowest BCUT2D eigenvalue weighted by Gasteiger charge is -2.07. The molecule has 0 amide bonds. The normalized spacial score (nSPS) is 11.0. The molecule has 24 heavy (non-hydrogen) atoms. The molecule has 3 rings (SSSR count). The monoisotopic (exact) mass is 319 g/mol. The minimum atomic E-state index is 0.617. The van der Waals surface area contributed by atoms with Crippen molar-refractivity contribution in [1.82, 2.24) is 9.99 Å². The summed E-state index contributed by atoms with van der Waals surface area (Å²) in [6.07, 6.45) is 5.85. The Hall–Kier alpha value is -3.01. The van der Waals surface area contributed by atoms with Crippen molar-refractivity contribution in [3.8, 4) is 5.75 Å². The van der Waals surface area contributed by atoms with Gasteiger partial charge in [0.05, 0.1) is 19.9 Å². The van der Waals surface area contributed by atoms with Gasteiger partial charge < -0.3 is 14.7 Å². The third-order valence-corrected chi connectivity index (χ3v) is 3.90. The molecule has 0 atom stereocenters. The number of ether oxygens (including phenoxy) is 1. The zero-order valence-corrected chi connectivity index (χ0v) is 13.8. The van der Waals surface area contributed by atoms with Crippen molar-refractivity contribution in [3.63, 3.8) is 0 Å². The first-order valence-electron chi connectivity index (χ1n) is 7.90. The van der Waals surface area contributed by atoms with Crippen molar-refractivity contribution in [2.75, 3.05) is 7.11 Å². The third-order valence-electron chi connectivity index (χ3n) is 3.90. The summed E-state index contributed by atoms with van der Waals surface area (Å²) in [6, 6.07) is 16.2. The number of benzene rings is 2. The number of hydrogen-bond donors (Lipinski definition) is 1. The second kappa shape index (κ2) is 7.51. The predicted octanol–water partition coefficient (Wildman–Crippen LogP) is 3.96. The number of hydrogen-bond acceptors (Lipinski definition) is 3. The van der Waals surface area contributed by atoms with Crippen molar-refractivity contribution in [2.45, 2.75) is 13.1 Å². The van der Waals surface area contributed by atoms with Crippen LogP contribution in [0.1, 0.15) is 11.1 Å². The number of aromatic nitrogens is 1.